The van der Waals surface area contributed by atoms with Crippen molar-refractivity contribution in [2.75, 3.05) is 26.7 Å². The Balaban J connectivity index is 2.12. The van der Waals surface area contributed by atoms with Crippen LogP contribution in [0.2, 0.25) is 0 Å². The monoisotopic (exact) mass is 264 g/mol. The number of carbonyl (C=O) groups excluding carboxylic acids is 1. The molecule has 0 saturated carbocycles. The van der Waals surface area contributed by atoms with Crippen LogP contribution in [0.15, 0.2) is 30.1 Å². The third-order valence-electron chi connectivity index (χ3n) is 3.21. The Morgan fingerprint density at radius 1 is 1.58 bits per heavy atom. The molecule has 4 nitrogen and oxygen atoms in total. The number of nitrogens with zero attached hydrogens (tertiary/aromatic N) is 1. The van der Waals surface area contributed by atoms with Crippen molar-refractivity contribution in [3.63, 3.8) is 0 Å². The number of fused-ring (bicyclic) bond motifs is 1. The quantitative estimate of drug-likeness (QED) is 0.896. The first kappa shape index (κ1) is 13.5. The summed E-state index contributed by atoms with van der Waals surface area (Å²) in [6, 6.07) is 5.32. The number of carbonyl (C=O) groups is 1. The van der Waals surface area contributed by atoms with Gasteiger partial charge in [-0.2, -0.15) is 0 Å². The van der Waals surface area contributed by atoms with Crippen LogP contribution in [-0.2, 0) is 6.42 Å². The molecule has 0 saturated heterocycles. The second-order valence-electron chi connectivity index (χ2n) is 4.56. The summed E-state index contributed by atoms with van der Waals surface area (Å²) in [6.45, 7) is 0.956. The van der Waals surface area contributed by atoms with Crippen LogP contribution < -0.4 is 10.5 Å². The molecule has 19 heavy (non-hydrogen) atoms. The molecule has 0 unspecified atom stereocenters. The molecule has 0 aromatic heterocycles. The van der Waals surface area contributed by atoms with Gasteiger partial charge in [-0.3, -0.25) is 4.79 Å². The van der Waals surface area contributed by atoms with E-state index in [0.717, 1.165) is 12.0 Å². The smallest absolute Gasteiger partial charge is 0.253 e. The third kappa shape index (κ3) is 2.93. The zero-order valence-corrected chi connectivity index (χ0v) is 10.9. The van der Waals surface area contributed by atoms with Crippen molar-refractivity contribution in [2.24, 2.45) is 5.73 Å². The molecular formula is C14H17FN2O2. The fraction of sp³-hybridized carbons (Fsp3) is 0.357. The second-order valence-corrected chi connectivity index (χ2v) is 4.56. The van der Waals surface area contributed by atoms with Crippen LogP contribution in [0.1, 0.15) is 15.9 Å². The Kier molecular flexibility index (Phi) is 4.16. The minimum atomic E-state index is 0.0269. The Labute approximate surface area is 111 Å². The molecular weight excluding hydrogens is 247 g/mol. The summed E-state index contributed by atoms with van der Waals surface area (Å²) in [5.74, 6) is 0.656. The van der Waals surface area contributed by atoms with E-state index >= 15 is 0 Å². The predicted octanol–water partition coefficient (Wildman–Crippen LogP) is 1.51. The highest BCUT2D eigenvalue weighted by atomic mass is 19.1. The molecule has 0 atom stereocenters. The van der Waals surface area contributed by atoms with E-state index in [1.54, 1.807) is 24.1 Å². The van der Waals surface area contributed by atoms with E-state index in [4.69, 9.17) is 10.5 Å². The molecule has 1 heterocycles. The van der Waals surface area contributed by atoms with E-state index in [1.165, 1.54) is 0 Å². The lowest BCUT2D eigenvalue weighted by atomic mass is 9.99. The normalized spacial score (nSPS) is 15.4. The Hall–Kier alpha value is -1.88. The Morgan fingerprint density at radius 3 is 3.05 bits per heavy atom. The molecule has 0 aliphatic carbocycles. The average molecular weight is 264 g/mol. The first-order valence-corrected chi connectivity index (χ1v) is 6.15. The van der Waals surface area contributed by atoms with Crippen molar-refractivity contribution in [2.45, 2.75) is 6.42 Å². The molecule has 2 N–H and O–H groups in total. The van der Waals surface area contributed by atoms with Gasteiger partial charge in [-0.15, -0.1) is 0 Å². The highest BCUT2D eigenvalue weighted by Gasteiger charge is 2.21. The fourth-order valence-corrected chi connectivity index (χ4v) is 1.98. The topological polar surface area (TPSA) is 55.6 Å². The van der Waals surface area contributed by atoms with Crippen LogP contribution >= 0.6 is 0 Å². The number of benzene rings is 1. The second kappa shape index (κ2) is 5.84. The molecule has 1 aliphatic rings. The van der Waals surface area contributed by atoms with Crippen LogP contribution in [0.5, 0.6) is 5.75 Å². The Morgan fingerprint density at radius 2 is 2.37 bits per heavy atom. The van der Waals surface area contributed by atoms with E-state index in [9.17, 15) is 9.18 Å². The van der Waals surface area contributed by atoms with Gasteiger partial charge in [0, 0.05) is 31.3 Å². The molecule has 2 rings (SSSR count). The number of rotatable bonds is 4. The fourth-order valence-electron chi connectivity index (χ4n) is 1.98. The molecule has 0 radical (unpaired) electrons. The summed E-state index contributed by atoms with van der Waals surface area (Å²) in [7, 11) is 1.79. The molecule has 0 spiro atoms. The van der Waals surface area contributed by atoms with Gasteiger partial charge in [0.1, 0.15) is 12.4 Å². The standard InChI is InChI=1S/C14H17FN2O2/c1-17-5-4-11-6-12(2-3-13(11)14(17)18)19-9-10(7-15)8-16/h2-3,6-7H,4-5,8-9,16H2,1H3/b10-7+. The van der Waals surface area contributed by atoms with Crippen molar-refractivity contribution in [1.82, 2.24) is 4.90 Å². The van der Waals surface area contributed by atoms with E-state index in [1.807, 2.05) is 6.07 Å². The van der Waals surface area contributed by atoms with Crippen LogP contribution in [0.25, 0.3) is 0 Å². The number of likely N-dealkylation sites (N-methyl/N-ethyl adjacent to an activating group) is 1. The zero-order valence-electron chi connectivity index (χ0n) is 10.9. The summed E-state index contributed by atoms with van der Waals surface area (Å²) in [6.07, 6.45) is 1.27. The predicted molar refractivity (Wildman–Crippen MR) is 70.8 cm³/mol. The zero-order chi connectivity index (χ0) is 13.8. The van der Waals surface area contributed by atoms with E-state index in [-0.39, 0.29) is 19.1 Å². The molecule has 5 heteroatoms. The van der Waals surface area contributed by atoms with E-state index < -0.39 is 0 Å². The molecule has 1 aromatic rings. The minimum Gasteiger partial charge on any atom is -0.489 e. The van der Waals surface area contributed by atoms with Gasteiger partial charge in [-0.1, -0.05) is 0 Å². The number of nitrogens with two attached hydrogens (primary N) is 1. The molecule has 0 bridgehead atoms. The first-order chi connectivity index (χ1) is 9.15. The van der Waals surface area contributed by atoms with E-state index in [2.05, 4.69) is 0 Å². The molecule has 1 amide bonds. The molecule has 1 aromatic carbocycles. The van der Waals surface area contributed by atoms with Crippen LogP contribution in [-0.4, -0.2) is 37.6 Å². The largest absolute Gasteiger partial charge is 0.489 e. The first-order valence-electron chi connectivity index (χ1n) is 6.15. The van der Waals surface area contributed by atoms with Gasteiger partial charge in [0.15, 0.2) is 0 Å². The van der Waals surface area contributed by atoms with Crippen LogP contribution in [0.4, 0.5) is 4.39 Å². The lowest BCUT2D eigenvalue weighted by molar-refractivity contribution is 0.0781. The van der Waals surface area contributed by atoms with Crippen molar-refractivity contribution < 1.29 is 13.9 Å². The molecule has 1 aliphatic heterocycles. The number of hydrogen-bond acceptors (Lipinski definition) is 3. The molecule has 0 fully saturated rings. The number of amides is 1. The maximum atomic E-state index is 12.4. The van der Waals surface area contributed by atoms with Gasteiger partial charge < -0.3 is 15.4 Å². The van der Waals surface area contributed by atoms with Gasteiger partial charge in [0.2, 0.25) is 0 Å². The minimum absolute atomic E-state index is 0.0269. The van der Waals surface area contributed by atoms with Crippen molar-refractivity contribution in [1.29, 1.82) is 0 Å². The van der Waals surface area contributed by atoms with Crippen molar-refractivity contribution in [3.8, 4) is 5.75 Å². The van der Waals surface area contributed by atoms with Crippen molar-refractivity contribution in [3.05, 3.63) is 41.2 Å². The lowest BCUT2D eigenvalue weighted by Gasteiger charge is -2.25. The van der Waals surface area contributed by atoms with Gasteiger partial charge >= 0.3 is 0 Å². The Bertz CT molecular complexity index is 514. The van der Waals surface area contributed by atoms with Crippen LogP contribution in [0, 0.1) is 0 Å². The summed E-state index contributed by atoms with van der Waals surface area (Å²) in [5.41, 5.74) is 7.43. The SMILES string of the molecule is CN1CCc2cc(OC/C(=C/F)CN)ccc2C1=O. The maximum absolute atomic E-state index is 12.4. The summed E-state index contributed by atoms with van der Waals surface area (Å²) < 4.78 is 17.8. The van der Waals surface area contributed by atoms with Gasteiger partial charge in [-0.05, 0) is 30.2 Å². The van der Waals surface area contributed by atoms with Crippen LogP contribution in [0.3, 0.4) is 0 Å². The van der Waals surface area contributed by atoms with Gasteiger partial charge in [0.25, 0.3) is 5.91 Å². The van der Waals surface area contributed by atoms with Crippen molar-refractivity contribution >= 4 is 5.91 Å². The van der Waals surface area contributed by atoms with E-state index in [0.29, 0.717) is 29.8 Å². The average Bonchev–Trinajstić information content (AvgIpc) is 2.44. The maximum Gasteiger partial charge on any atom is 0.253 e. The van der Waals surface area contributed by atoms with Gasteiger partial charge in [0.05, 0.1) is 6.33 Å². The summed E-state index contributed by atoms with van der Waals surface area (Å²) in [4.78, 5) is 13.6. The summed E-state index contributed by atoms with van der Waals surface area (Å²) >= 11 is 0. The lowest BCUT2D eigenvalue weighted by Crippen LogP contribution is -2.34. The number of halogens is 1. The highest BCUT2D eigenvalue weighted by Crippen LogP contribution is 2.23. The number of ether oxygens (including phenoxy) is 1. The third-order valence-corrected chi connectivity index (χ3v) is 3.21. The highest BCUT2D eigenvalue weighted by molar-refractivity contribution is 5.96. The number of hydrogen-bond donors (Lipinski definition) is 1. The summed E-state index contributed by atoms with van der Waals surface area (Å²) in [5, 5.41) is 0. The molecule has 102 valence electrons. The van der Waals surface area contributed by atoms with Gasteiger partial charge in [-0.25, -0.2) is 4.39 Å².